The Morgan fingerprint density at radius 1 is 1.44 bits per heavy atom. The first-order valence-electron chi connectivity index (χ1n) is 4.38. The molecule has 3 nitrogen and oxygen atoms in total. The molecule has 0 aromatic carbocycles. The number of carboxylic acids is 1. The molecule has 0 spiro atoms. The first kappa shape index (κ1) is 11.9. The van der Waals surface area contributed by atoms with Gasteiger partial charge in [-0.2, -0.15) is 0 Å². The molecule has 84 valence electrons. The second-order valence-electron chi connectivity index (χ2n) is 3.22. The van der Waals surface area contributed by atoms with Gasteiger partial charge in [-0.25, -0.2) is 4.79 Å². The van der Waals surface area contributed by atoms with E-state index in [9.17, 15) is 4.79 Å². The van der Waals surface area contributed by atoms with Crippen molar-refractivity contribution in [1.29, 1.82) is 0 Å². The quantitative estimate of drug-likeness (QED) is 0.899. The summed E-state index contributed by atoms with van der Waals surface area (Å²) in [5.74, 6) is -0.910. The van der Waals surface area contributed by atoms with Gasteiger partial charge in [0.25, 0.3) is 0 Å². The van der Waals surface area contributed by atoms with Gasteiger partial charge in [0.2, 0.25) is 0 Å². The van der Waals surface area contributed by atoms with Crippen molar-refractivity contribution < 1.29 is 9.90 Å². The summed E-state index contributed by atoms with van der Waals surface area (Å²) in [6, 6.07) is 3.63. The van der Waals surface area contributed by atoms with Gasteiger partial charge in [-0.15, -0.1) is 11.3 Å². The molecule has 0 saturated carbocycles. The summed E-state index contributed by atoms with van der Waals surface area (Å²) >= 11 is 8.36. The number of rotatable bonds is 3. The van der Waals surface area contributed by atoms with E-state index in [-0.39, 0.29) is 0 Å². The number of hydrogen-bond donors (Lipinski definition) is 1. The number of hydrogen-bond acceptors (Lipinski definition) is 2. The summed E-state index contributed by atoms with van der Waals surface area (Å²) < 4.78 is 3.69. The first-order valence-corrected chi connectivity index (χ1v) is 6.84. The molecular formula is C10H7Br2NO2S. The van der Waals surface area contributed by atoms with Crippen molar-refractivity contribution in [2.45, 2.75) is 6.54 Å². The summed E-state index contributed by atoms with van der Waals surface area (Å²) in [5, 5.41) is 10.9. The highest BCUT2D eigenvalue weighted by atomic mass is 79.9. The van der Waals surface area contributed by atoms with Gasteiger partial charge in [0, 0.05) is 20.9 Å². The van der Waals surface area contributed by atoms with E-state index in [2.05, 4.69) is 31.9 Å². The lowest BCUT2D eigenvalue weighted by atomic mass is 10.4. The fraction of sp³-hybridized carbons (Fsp3) is 0.100. The minimum absolute atomic E-state index is 0.294. The van der Waals surface area contributed by atoms with Crippen LogP contribution in [0.2, 0.25) is 0 Å². The van der Waals surface area contributed by atoms with Crippen molar-refractivity contribution in [1.82, 2.24) is 4.57 Å². The number of thiophene rings is 1. The number of aromatic carboxylic acids is 1. The van der Waals surface area contributed by atoms with Crippen LogP contribution in [0.1, 0.15) is 15.2 Å². The summed E-state index contributed by atoms with van der Waals surface area (Å²) in [4.78, 5) is 12.0. The topological polar surface area (TPSA) is 42.2 Å². The molecule has 0 fully saturated rings. The van der Waals surface area contributed by atoms with Gasteiger partial charge in [-0.1, -0.05) is 0 Å². The standard InChI is InChI=1S/C10H7Br2NO2S/c11-7-2-8(16-5-7)4-13-3-6(10(14)15)1-9(13)12/h1-3,5H,4H2,(H,14,15). The minimum atomic E-state index is -0.910. The molecule has 2 heterocycles. The van der Waals surface area contributed by atoms with Crippen molar-refractivity contribution in [2.24, 2.45) is 0 Å². The fourth-order valence-corrected chi connectivity index (χ4v) is 3.24. The van der Waals surface area contributed by atoms with Gasteiger partial charge in [0.15, 0.2) is 0 Å². The molecule has 0 radical (unpaired) electrons. The van der Waals surface area contributed by atoms with Gasteiger partial charge in [-0.05, 0) is 44.0 Å². The van der Waals surface area contributed by atoms with Crippen LogP contribution in [0.3, 0.4) is 0 Å². The lowest BCUT2D eigenvalue weighted by molar-refractivity contribution is 0.0697. The Morgan fingerprint density at radius 2 is 2.19 bits per heavy atom. The Balaban J connectivity index is 2.24. The lowest BCUT2D eigenvalue weighted by Crippen LogP contribution is -1.97. The first-order chi connectivity index (χ1) is 7.56. The van der Waals surface area contributed by atoms with E-state index >= 15 is 0 Å². The molecule has 0 bridgehead atoms. The zero-order valence-electron chi connectivity index (χ0n) is 7.98. The molecule has 1 N–H and O–H groups in total. The number of aromatic nitrogens is 1. The van der Waals surface area contributed by atoms with Crippen LogP contribution in [0.25, 0.3) is 0 Å². The maximum Gasteiger partial charge on any atom is 0.337 e. The second-order valence-corrected chi connectivity index (χ2v) is 5.94. The Hall–Kier alpha value is -0.590. The molecule has 0 aliphatic carbocycles. The highest BCUT2D eigenvalue weighted by molar-refractivity contribution is 9.10. The molecule has 2 rings (SSSR count). The molecule has 6 heteroatoms. The van der Waals surface area contributed by atoms with Crippen molar-refractivity contribution in [2.75, 3.05) is 0 Å². The zero-order valence-corrected chi connectivity index (χ0v) is 12.0. The van der Waals surface area contributed by atoms with Crippen LogP contribution < -0.4 is 0 Å². The molecule has 2 aromatic heterocycles. The second kappa shape index (κ2) is 4.73. The highest BCUT2D eigenvalue weighted by Gasteiger charge is 2.10. The minimum Gasteiger partial charge on any atom is -0.478 e. The van der Waals surface area contributed by atoms with Gasteiger partial charge < -0.3 is 9.67 Å². The van der Waals surface area contributed by atoms with Gasteiger partial charge >= 0.3 is 5.97 Å². The number of nitrogens with zero attached hydrogens (tertiary/aromatic N) is 1. The van der Waals surface area contributed by atoms with Crippen molar-refractivity contribution in [3.63, 3.8) is 0 Å². The zero-order chi connectivity index (χ0) is 11.7. The number of carbonyl (C=O) groups is 1. The Kier molecular flexibility index (Phi) is 3.51. The molecule has 0 atom stereocenters. The normalized spacial score (nSPS) is 10.6. The van der Waals surface area contributed by atoms with Crippen LogP contribution >= 0.6 is 43.2 Å². The molecule has 0 amide bonds. The predicted molar refractivity (Wildman–Crippen MR) is 70.2 cm³/mol. The molecule has 2 aromatic rings. The average Bonchev–Trinajstić information content (AvgIpc) is 2.75. The maximum atomic E-state index is 10.8. The van der Waals surface area contributed by atoms with E-state index < -0.39 is 5.97 Å². The highest BCUT2D eigenvalue weighted by Crippen LogP contribution is 2.23. The van der Waals surface area contributed by atoms with E-state index in [1.54, 1.807) is 23.6 Å². The SMILES string of the molecule is O=C(O)c1cc(Br)n(Cc2cc(Br)cs2)c1. The average molecular weight is 365 g/mol. The third-order valence-electron chi connectivity index (χ3n) is 2.04. The molecule has 0 aliphatic heterocycles. The Morgan fingerprint density at radius 3 is 2.69 bits per heavy atom. The molecule has 0 unspecified atom stereocenters. The lowest BCUT2D eigenvalue weighted by Gasteiger charge is -2.01. The predicted octanol–water partition coefficient (Wildman–Crippen LogP) is 3.82. The van der Waals surface area contributed by atoms with Crippen LogP contribution in [-0.4, -0.2) is 15.6 Å². The van der Waals surface area contributed by atoms with Crippen LogP contribution in [0, 0.1) is 0 Å². The monoisotopic (exact) mass is 363 g/mol. The van der Waals surface area contributed by atoms with Crippen molar-refractivity contribution >= 4 is 49.2 Å². The molecule has 0 aliphatic rings. The van der Waals surface area contributed by atoms with Gasteiger partial charge in [0.1, 0.15) is 0 Å². The smallest absolute Gasteiger partial charge is 0.337 e. The summed E-state index contributed by atoms with van der Waals surface area (Å²) in [7, 11) is 0. The number of halogens is 2. The third kappa shape index (κ3) is 2.56. The van der Waals surface area contributed by atoms with E-state index in [1.165, 1.54) is 4.88 Å². The third-order valence-corrected chi connectivity index (χ3v) is 4.41. The van der Waals surface area contributed by atoms with Crippen molar-refractivity contribution in [3.05, 3.63) is 43.2 Å². The summed E-state index contributed by atoms with van der Waals surface area (Å²) in [6.45, 7) is 0.671. The largest absolute Gasteiger partial charge is 0.478 e. The van der Waals surface area contributed by atoms with E-state index in [0.29, 0.717) is 12.1 Å². The van der Waals surface area contributed by atoms with E-state index in [0.717, 1.165) is 9.08 Å². The van der Waals surface area contributed by atoms with Crippen LogP contribution in [0.15, 0.2) is 32.8 Å². The molecule has 16 heavy (non-hydrogen) atoms. The van der Waals surface area contributed by atoms with Gasteiger partial charge in [0.05, 0.1) is 16.7 Å². The Labute approximate surface area is 113 Å². The fourth-order valence-electron chi connectivity index (χ4n) is 1.32. The summed E-state index contributed by atoms with van der Waals surface area (Å²) in [6.07, 6.45) is 1.63. The number of carboxylic acid groups (broad SMARTS) is 1. The molecule has 0 saturated heterocycles. The Bertz CT molecular complexity index is 533. The van der Waals surface area contributed by atoms with Crippen LogP contribution in [-0.2, 0) is 6.54 Å². The maximum absolute atomic E-state index is 10.8. The van der Waals surface area contributed by atoms with E-state index in [1.807, 2.05) is 16.0 Å². The van der Waals surface area contributed by atoms with Crippen LogP contribution in [0.5, 0.6) is 0 Å². The summed E-state index contributed by atoms with van der Waals surface area (Å²) in [5.41, 5.74) is 0.294. The van der Waals surface area contributed by atoms with E-state index in [4.69, 9.17) is 5.11 Å². The van der Waals surface area contributed by atoms with Crippen LogP contribution in [0.4, 0.5) is 0 Å². The van der Waals surface area contributed by atoms with Gasteiger partial charge in [-0.3, -0.25) is 0 Å². The van der Waals surface area contributed by atoms with Crippen molar-refractivity contribution in [3.8, 4) is 0 Å². The molecular weight excluding hydrogens is 358 g/mol.